The van der Waals surface area contributed by atoms with Gasteiger partial charge in [-0.15, -0.1) is 0 Å². The van der Waals surface area contributed by atoms with Gasteiger partial charge in [-0.3, -0.25) is 0 Å². The van der Waals surface area contributed by atoms with Crippen molar-refractivity contribution in [1.29, 1.82) is 0 Å². The molecule has 0 heterocycles. The summed E-state index contributed by atoms with van der Waals surface area (Å²) in [4.78, 5) is 0. The zero-order chi connectivity index (χ0) is 11.9. The fraction of sp³-hybridized carbons (Fsp3) is 1.00. The summed E-state index contributed by atoms with van der Waals surface area (Å²) in [6, 6.07) is 0. The molecule has 0 aromatic carbocycles. The third kappa shape index (κ3) is 19.3. The average Bonchev–Trinajstić information content (AvgIpc) is 2.31. The van der Waals surface area contributed by atoms with Crippen molar-refractivity contribution in [2.75, 3.05) is 6.54 Å². The first kappa shape index (κ1) is 20.1. The first-order valence-corrected chi connectivity index (χ1v) is 7.62. The zero-order valence-corrected chi connectivity index (χ0v) is 13.6. The van der Waals surface area contributed by atoms with Crippen molar-refractivity contribution in [3.63, 3.8) is 0 Å². The molecule has 0 fully saturated rings. The largest absolute Gasteiger partial charge is 2.00 e. The molecule has 0 unspecified atom stereocenters. The molecule has 0 saturated heterocycles. The molecule has 0 aliphatic carbocycles. The minimum absolute atomic E-state index is 0. The normalized spacial score (nSPS) is 10.2. The fourth-order valence-corrected chi connectivity index (χ4v) is 2.16. The summed E-state index contributed by atoms with van der Waals surface area (Å²) in [6.45, 7) is 3.16. The van der Waals surface area contributed by atoms with Crippen LogP contribution in [0.5, 0.6) is 0 Å². The molecule has 1 nitrogen and oxygen atoms in total. The first-order valence-electron chi connectivity index (χ1n) is 7.62. The van der Waals surface area contributed by atoms with E-state index in [2.05, 4.69) is 6.92 Å². The van der Waals surface area contributed by atoms with Gasteiger partial charge in [-0.25, -0.2) is 0 Å². The Morgan fingerprint density at radius 3 is 1.18 bits per heavy atom. The topological polar surface area (TPSA) is 26.0 Å². The average molecular weight is 254 g/mol. The maximum atomic E-state index is 5.46. The molecule has 0 aromatic heterocycles. The Balaban J connectivity index is -0.000000375. The van der Waals surface area contributed by atoms with Crippen molar-refractivity contribution in [2.45, 2.75) is 90.4 Å². The quantitative estimate of drug-likeness (QED) is 0.367. The van der Waals surface area contributed by atoms with E-state index in [9.17, 15) is 0 Å². The minimum atomic E-state index is 0. The van der Waals surface area contributed by atoms with Crippen LogP contribution in [0.1, 0.15) is 93.2 Å². The Labute approximate surface area is 128 Å². The number of hydrogen-bond donors (Lipinski definition) is 1. The van der Waals surface area contributed by atoms with Gasteiger partial charge in [-0.1, -0.05) is 84.0 Å². The maximum Gasteiger partial charge on any atom is 2.00 e. The van der Waals surface area contributed by atoms with Crippen molar-refractivity contribution in [1.82, 2.24) is 0 Å². The van der Waals surface area contributed by atoms with E-state index in [4.69, 9.17) is 5.73 Å². The van der Waals surface area contributed by atoms with Gasteiger partial charge >= 0.3 is 23.1 Å². The van der Waals surface area contributed by atoms with Crippen molar-refractivity contribution >= 4 is 23.1 Å². The summed E-state index contributed by atoms with van der Waals surface area (Å²) >= 11 is 0. The summed E-state index contributed by atoms with van der Waals surface area (Å²) < 4.78 is 0. The van der Waals surface area contributed by atoms with E-state index >= 15 is 0 Å². The third-order valence-corrected chi connectivity index (χ3v) is 3.31. The molecule has 2 N–H and O–H groups in total. The molecule has 0 radical (unpaired) electrons. The second-order valence-electron chi connectivity index (χ2n) is 5.03. The second-order valence-corrected chi connectivity index (χ2v) is 5.03. The Bertz CT molecular complexity index is 113. The predicted octanol–water partition coefficient (Wildman–Crippen LogP) is 4.88. The van der Waals surface area contributed by atoms with Crippen molar-refractivity contribution in [3.8, 4) is 0 Å². The Kier molecular flexibility index (Phi) is 22.5. The van der Waals surface area contributed by atoms with Gasteiger partial charge in [0.1, 0.15) is 0 Å². The second kappa shape index (κ2) is 19.1. The molecule has 0 spiro atoms. The Morgan fingerprint density at radius 2 is 0.882 bits per heavy atom. The molecular formula is C15H35MgN. The first-order chi connectivity index (χ1) is 7.91. The van der Waals surface area contributed by atoms with Gasteiger partial charge in [0.15, 0.2) is 0 Å². The van der Waals surface area contributed by atoms with E-state index in [1.54, 1.807) is 0 Å². The predicted molar refractivity (Wildman–Crippen MR) is 82.7 cm³/mol. The zero-order valence-electron chi connectivity index (χ0n) is 14.2. The Hall–Kier alpha value is 0.726. The van der Waals surface area contributed by atoms with E-state index < -0.39 is 0 Å². The van der Waals surface area contributed by atoms with E-state index in [-0.39, 0.29) is 25.9 Å². The van der Waals surface area contributed by atoms with Crippen molar-refractivity contribution in [3.05, 3.63) is 0 Å². The minimum Gasteiger partial charge on any atom is -1.00 e. The monoisotopic (exact) mass is 253 g/mol. The van der Waals surface area contributed by atoms with Gasteiger partial charge in [0.2, 0.25) is 0 Å². The molecule has 0 saturated carbocycles. The van der Waals surface area contributed by atoms with Crippen LogP contribution in [0.3, 0.4) is 0 Å². The summed E-state index contributed by atoms with van der Waals surface area (Å²) in [5, 5.41) is 0. The van der Waals surface area contributed by atoms with Crippen LogP contribution in [0.15, 0.2) is 0 Å². The molecule has 0 bridgehead atoms. The number of unbranched alkanes of at least 4 members (excludes halogenated alkanes) is 12. The van der Waals surface area contributed by atoms with Crippen LogP contribution < -0.4 is 5.73 Å². The SMILES string of the molecule is CCCCCCCCCCCCCCCN.[H-].[H-].[Mg+2]. The van der Waals surface area contributed by atoms with E-state index in [0.29, 0.717) is 0 Å². The molecule has 0 aliphatic heterocycles. The standard InChI is InChI=1S/C15H33N.Mg.2H/c1-2-3-4-5-6-7-8-9-10-11-12-13-14-15-16;;;/h2-16H2,1H3;;;/q;+2;2*-1. The van der Waals surface area contributed by atoms with Crippen LogP contribution in [0.4, 0.5) is 0 Å². The van der Waals surface area contributed by atoms with Crippen LogP contribution in [-0.2, 0) is 0 Å². The van der Waals surface area contributed by atoms with Crippen LogP contribution in [0.25, 0.3) is 0 Å². The maximum absolute atomic E-state index is 5.46. The number of hydrogen-bond acceptors (Lipinski definition) is 1. The summed E-state index contributed by atoms with van der Waals surface area (Å²) in [7, 11) is 0. The van der Waals surface area contributed by atoms with Crippen LogP contribution in [0.2, 0.25) is 0 Å². The molecule has 102 valence electrons. The van der Waals surface area contributed by atoms with Crippen LogP contribution >= 0.6 is 0 Å². The molecule has 17 heavy (non-hydrogen) atoms. The van der Waals surface area contributed by atoms with Crippen LogP contribution in [0, 0.1) is 0 Å². The molecule has 2 heteroatoms. The van der Waals surface area contributed by atoms with Gasteiger partial charge in [-0.2, -0.15) is 0 Å². The summed E-state index contributed by atoms with van der Waals surface area (Å²) in [6.07, 6.45) is 18.4. The van der Waals surface area contributed by atoms with Gasteiger partial charge in [-0.05, 0) is 13.0 Å². The number of rotatable bonds is 13. The fourth-order valence-electron chi connectivity index (χ4n) is 2.16. The molecule has 0 aromatic rings. The van der Waals surface area contributed by atoms with Gasteiger partial charge in [0.05, 0.1) is 0 Å². The molecule has 0 rings (SSSR count). The molecular weight excluding hydrogens is 218 g/mol. The number of nitrogens with two attached hydrogens (primary N) is 1. The summed E-state index contributed by atoms with van der Waals surface area (Å²) in [5.41, 5.74) is 5.46. The molecule has 0 amide bonds. The molecule has 0 atom stereocenters. The smallest absolute Gasteiger partial charge is 1.00 e. The van der Waals surface area contributed by atoms with Gasteiger partial charge in [0, 0.05) is 0 Å². The van der Waals surface area contributed by atoms with Crippen molar-refractivity contribution in [2.24, 2.45) is 5.73 Å². The van der Waals surface area contributed by atoms with Gasteiger partial charge in [0.25, 0.3) is 0 Å². The molecule has 0 aliphatic rings. The third-order valence-electron chi connectivity index (χ3n) is 3.31. The Morgan fingerprint density at radius 1 is 0.588 bits per heavy atom. The summed E-state index contributed by atoms with van der Waals surface area (Å²) in [5.74, 6) is 0. The van der Waals surface area contributed by atoms with Crippen LogP contribution in [-0.4, -0.2) is 29.6 Å². The van der Waals surface area contributed by atoms with Gasteiger partial charge < -0.3 is 8.59 Å². The van der Waals surface area contributed by atoms with E-state index in [1.165, 1.54) is 83.5 Å². The van der Waals surface area contributed by atoms with Crippen molar-refractivity contribution < 1.29 is 2.85 Å². The van der Waals surface area contributed by atoms with E-state index in [0.717, 1.165) is 6.54 Å². The van der Waals surface area contributed by atoms with E-state index in [1.807, 2.05) is 0 Å².